The van der Waals surface area contributed by atoms with E-state index in [1.807, 2.05) is 74.5 Å². The van der Waals surface area contributed by atoms with Crippen LogP contribution in [0.15, 0.2) is 126 Å². The van der Waals surface area contributed by atoms with Gasteiger partial charge in [-0.2, -0.15) is 0 Å². The predicted octanol–water partition coefficient (Wildman–Crippen LogP) is 8.21. The number of hydrogen-bond donors (Lipinski definition) is 3. The Morgan fingerprint density at radius 2 is 1.33 bits per heavy atom. The molecule has 3 amide bonds. The molecule has 0 aromatic heterocycles. The predicted molar refractivity (Wildman–Crippen MR) is 203 cm³/mol. The lowest BCUT2D eigenvalue weighted by molar-refractivity contribution is -0.116. The Kier molecular flexibility index (Phi) is 12.2. The van der Waals surface area contributed by atoms with Crippen LogP contribution in [0.25, 0.3) is 6.08 Å². The maximum absolute atomic E-state index is 13.7. The van der Waals surface area contributed by atoms with Crippen LogP contribution in [-0.2, 0) is 9.59 Å². The van der Waals surface area contributed by atoms with E-state index in [2.05, 4.69) is 16.0 Å². The van der Waals surface area contributed by atoms with Crippen LogP contribution in [0.4, 0.5) is 11.4 Å². The van der Waals surface area contributed by atoms with Gasteiger partial charge in [-0.3, -0.25) is 14.4 Å². The highest BCUT2D eigenvalue weighted by atomic mass is 32.2. The maximum atomic E-state index is 13.7. The average molecular weight is 702 g/mol. The van der Waals surface area contributed by atoms with E-state index in [9.17, 15) is 14.4 Å². The van der Waals surface area contributed by atoms with Gasteiger partial charge in [-0.25, -0.2) is 0 Å². The molecule has 0 aliphatic carbocycles. The Bertz CT molecular complexity index is 2010. The number of thioether (sulfide) groups is 1. The number of anilines is 2. The molecular formula is C41H39N3O6S. The van der Waals surface area contributed by atoms with Crippen LogP contribution >= 0.6 is 11.8 Å². The van der Waals surface area contributed by atoms with Crippen LogP contribution in [0, 0.1) is 13.8 Å². The SMILES string of the molecule is COc1cc(/C=C(\NC(=O)c2ccccc2)C(=O)Nc2ccc(SC(C(=O)Nc3cc(C)ccc3C)c3ccccc3)cc2)cc(OC)c1OC. The van der Waals surface area contributed by atoms with Crippen molar-refractivity contribution in [3.63, 3.8) is 0 Å². The monoisotopic (exact) mass is 701 g/mol. The summed E-state index contributed by atoms with van der Waals surface area (Å²) in [5.74, 6) is 0.0224. The van der Waals surface area contributed by atoms with Crippen LogP contribution in [0.1, 0.15) is 37.9 Å². The summed E-state index contributed by atoms with van der Waals surface area (Å²) >= 11 is 1.40. The maximum Gasteiger partial charge on any atom is 0.272 e. The average Bonchev–Trinajstić information content (AvgIpc) is 3.15. The molecule has 1 atom stereocenters. The highest BCUT2D eigenvalue weighted by Gasteiger charge is 2.23. The third-order valence-electron chi connectivity index (χ3n) is 7.88. The van der Waals surface area contributed by atoms with Crippen molar-refractivity contribution in [2.45, 2.75) is 24.0 Å². The molecule has 0 saturated carbocycles. The van der Waals surface area contributed by atoms with Crippen LogP contribution in [0.3, 0.4) is 0 Å². The van der Waals surface area contributed by atoms with Crippen LogP contribution in [0.2, 0.25) is 0 Å². The molecule has 10 heteroatoms. The highest BCUT2D eigenvalue weighted by Crippen LogP contribution is 2.39. The number of aryl methyl sites for hydroxylation is 2. The van der Waals surface area contributed by atoms with Gasteiger partial charge in [0, 0.05) is 21.8 Å². The van der Waals surface area contributed by atoms with Crippen molar-refractivity contribution in [2.75, 3.05) is 32.0 Å². The van der Waals surface area contributed by atoms with E-state index in [0.29, 0.717) is 34.1 Å². The van der Waals surface area contributed by atoms with Gasteiger partial charge in [0.05, 0.1) is 21.3 Å². The van der Waals surface area contributed by atoms with Gasteiger partial charge in [-0.15, -0.1) is 11.8 Å². The van der Waals surface area contributed by atoms with Gasteiger partial charge in [-0.05, 0) is 96.8 Å². The van der Waals surface area contributed by atoms with Crippen LogP contribution in [-0.4, -0.2) is 39.1 Å². The molecule has 0 aliphatic rings. The van der Waals surface area contributed by atoms with E-state index in [-0.39, 0.29) is 11.6 Å². The fourth-order valence-electron chi connectivity index (χ4n) is 5.21. The number of methoxy groups -OCH3 is 3. The summed E-state index contributed by atoms with van der Waals surface area (Å²) in [6, 6.07) is 34.7. The third kappa shape index (κ3) is 9.37. The first-order valence-corrected chi connectivity index (χ1v) is 17.0. The van der Waals surface area contributed by atoms with Crippen molar-refractivity contribution in [1.82, 2.24) is 5.32 Å². The van der Waals surface area contributed by atoms with Crippen molar-refractivity contribution >= 4 is 46.9 Å². The second-order valence-electron chi connectivity index (χ2n) is 11.5. The molecular weight excluding hydrogens is 663 g/mol. The van der Waals surface area contributed by atoms with E-state index in [1.165, 1.54) is 39.2 Å². The van der Waals surface area contributed by atoms with Crippen LogP contribution < -0.4 is 30.2 Å². The summed E-state index contributed by atoms with van der Waals surface area (Å²) in [5.41, 5.74) is 5.06. The standard InChI is InChI=1S/C41H39N3O6S/c1-26-16-17-27(2)33(22-26)43-41(47)38(29-12-8-6-9-13-29)51-32-20-18-31(19-21-32)42-40(46)34(44-39(45)30-14-10-7-11-15-30)23-28-24-35(48-3)37(50-5)36(25-28)49-4/h6-25,38H,1-5H3,(H,42,46)(H,43,47)(H,44,45)/b34-23-. The minimum absolute atomic E-state index is 0.0103. The second-order valence-corrected chi connectivity index (χ2v) is 12.7. The molecule has 1 unspecified atom stereocenters. The first kappa shape index (κ1) is 36.3. The molecule has 5 aromatic carbocycles. The highest BCUT2D eigenvalue weighted by molar-refractivity contribution is 8.00. The fourth-order valence-corrected chi connectivity index (χ4v) is 6.24. The summed E-state index contributed by atoms with van der Waals surface area (Å²) < 4.78 is 16.4. The molecule has 3 N–H and O–H groups in total. The molecule has 9 nitrogen and oxygen atoms in total. The first-order valence-electron chi connectivity index (χ1n) is 16.1. The van der Waals surface area contributed by atoms with Gasteiger partial charge >= 0.3 is 0 Å². The van der Waals surface area contributed by atoms with Crippen molar-refractivity contribution in [3.8, 4) is 17.2 Å². The lowest BCUT2D eigenvalue weighted by Gasteiger charge is -2.18. The molecule has 0 spiro atoms. The van der Waals surface area contributed by atoms with E-state index in [1.54, 1.807) is 54.6 Å². The zero-order chi connectivity index (χ0) is 36.3. The number of ether oxygens (including phenoxy) is 3. The normalized spacial score (nSPS) is 11.6. The Labute approximate surface area is 302 Å². The smallest absolute Gasteiger partial charge is 0.272 e. The van der Waals surface area contributed by atoms with E-state index in [0.717, 1.165) is 27.3 Å². The molecule has 5 aromatic rings. The number of carbonyl (C=O) groups excluding carboxylic acids is 3. The third-order valence-corrected chi connectivity index (χ3v) is 9.15. The van der Waals surface area contributed by atoms with Gasteiger partial charge in [0.15, 0.2) is 11.5 Å². The van der Waals surface area contributed by atoms with Gasteiger partial charge in [0.1, 0.15) is 10.9 Å². The minimum atomic E-state index is -0.552. The quantitative estimate of drug-likeness (QED) is 0.0838. The molecule has 0 heterocycles. The zero-order valence-corrected chi connectivity index (χ0v) is 29.8. The molecule has 5 rings (SSSR count). The number of hydrogen-bond acceptors (Lipinski definition) is 7. The largest absolute Gasteiger partial charge is 0.493 e. The van der Waals surface area contributed by atoms with E-state index < -0.39 is 17.1 Å². The Morgan fingerprint density at radius 1 is 0.706 bits per heavy atom. The summed E-state index contributed by atoms with van der Waals surface area (Å²) in [4.78, 5) is 41.4. The number of benzene rings is 5. The topological polar surface area (TPSA) is 115 Å². The van der Waals surface area contributed by atoms with Crippen LogP contribution in [0.5, 0.6) is 17.2 Å². The van der Waals surface area contributed by atoms with E-state index >= 15 is 0 Å². The van der Waals surface area contributed by atoms with Crippen molar-refractivity contribution < 1.29 is 28.6 Å². The molecule has 0 aliphatic heterocycles. The second kappa shape index (κ2) is 17.1. The first-order chi connectivity index (χ1) is 24.7. The van der Waals surface area contributed by atoms with Crippen molar-refractivity contribution in [1.29, 1.82) is 0 Å². The summed E-state index contributed by atoms with van der Waals surface area (Å²) in [6.45, 7) is 3.95. The summed E-state index contributed by atoms with van der Waals surface area (Å²) in [5, 5.41) is 8.20. The molecule has 0 radical (unpaired) electrons. The number of nitrogens with one attached hydrogen (secondary N) is 3. The van der Waals surface area contributed by atoms with Crippen molar-refractivity contribution in [2.24, 2.45) is 0 Å². The Hall–Kier alpha value is -6.00. The number of carbonyl (C=O) groups is 3. The van der Waals surface area contributed by atoms with E-state index in [4.69, 9.17) is 14.2 Å². The summed E-state index contributed by atoms with van der Waals surface area (Å²) in [7, 11) is 4.50. The molecule has 0 fully saturated rings. The Balaban J connectivity index is 1.39. The van der Waals surface area contributed by atoms with Gasteiger partial charge in [-0.1, -0.05) is 60.7 Å². The molecule has 0 bridgehead atoms. The minimum Gasteiger partial charge on any atom is -0.493 e. The zero-order valence-electron chi connectivity index (χ0n) is 29.0. The van der Waals surface area contributed by atoms with Gasteiger partial charge in [0.25, 0.3) is 11.8 Å². The molecule has 260 valence electrons. The van der Waals surface area contributed by atoms with Gasteiger partial charge in [0.2, 0.25) is 11.7 Å². The number of rotatable bonds is 13. The lowest BCUT2D eigenvalue weighted by atomic mass is 10.1. The summed E-state index contributed by atoms with van der Waals surface area (Å²) in [6.07, 6.45) is 1.53. The Morgan fingerprint density at radius 3 is 1.94 bits per heavy atom. The van der Waals surface area contributed by atoms with Crippen molar-refractivity contribution in [3.05, 3.63) is 149 Å². The molecule has 0 saturated heterocycles. The van der Waals surface area contributed by atoms with Gasteiger partial charge < -0.3 is 30.2 Å². The fraction of sp³-hybridized carbons (Fsp3) is 0.146. The number of amides is 3. The lowest BCUT2D eigenvalue weighted by Crippen LogP contribution is -2.30. The molecule has 51 heavy (non-hydrogen) atoms.